The van der Waals surface area contributed by atoms with Gasteiger partial charge in [-0.2, -0.15) is 0 Å². The number of piperazine rings is 1. The molecule has 0 bridgehead atoms. The van der Waals surface area contributed by atoms with Crippen LogP contribution in [0.5, 0.6) is 0 Å². The van der Waals surface area contributed by atoms with Crippen molar-refractivity contribution < 1.29 is 14.5 Å². The van der Waals surface area contributed by atoms with Crippen LogP contribution in [0.3, 0.4) is 0 Å². The van der Waals surface area contributed by atoms with E-state index in [1.54, 1.807) is 18.2 Å². The molecule has 3 aromatic rings. The van der Waals surface area contributed by atoms with E-state index in [1.807, 2.05) is 46.2 Å². The molecule has 170 valence electrons. The van der Waals surface area contributed by atoms with Crippen molar-refractivity contribution in [3.8, 4) is 0 Å². The van der Waals surface area contributed by atoms with E-state index in [0.717, 1.165) is 16.6 Å². The number of amides is 1. The van der Waals surface area contributed by atoms with E-state index < -0.39 is 0 Å². The third kappa shape index (κ3) is 4.31. The van der Waals surface area contributed by atoms with Gasteiger partial charge in [-0.25, -0.2) is 4.98 Å². The number of morpholine rings is 1. The smallest absolute Gasteiger partial charge is 0.292 e. The average Bonchev–Trinajstić information content (AvgIpc) is 2.88. The maximum atomic E-state index is 13.0. The van der Waals surface area contributed by atoms with Crippen molar-refractivity contribution in [3.05, 3.63) is 70.4 Å². The zero-order valence-corrected chi connectivity index (χ0v) is 18.2. The Kier molecular flexibility index (Phi) is 5.78. The molecule has 5 rings (SSSR count). The van der Waals surface area contributed by atoms with E-state index in [4.69, 9.17) is 4.74 Å². The minimum atomic E-state index is -0.332. The summed E-state index contributed by atoms with van der Waals surface area (Å²) in [6.45, 7) is 4.82. The third-order valence-electron chi connectivity index (χ3n) is 6.26. The summed E-state index contributed by atoms with van der Waals surface area (Å²) in [4.78, 5) is 34.8. The minimum Gasteiger partial charge on any atom is -0.378 e. The van der Waals surface area contributed by atoms with Crippen LogP contribution in [0.4, 0.5) is 17.1 Å². The number of ether oxygens (including phenoxy) is 1. The summed E-state index contributed by atoms with van der Waals surface area (Å²) in [5, 5.41) is 12.6. The van der Waals surface area contributed by atoms with Crippen molar-refractivity contribution in [2.24, 2.45) is 0 Å². The molecule has 0 N–H and O–H groups in total. The van der Waals surface area contributed by atoms with Gasteiger partial charge in [0.25, 0.3) is 11.6 Å². The standard InChI is InChI=1S/C24H25N5O4/c30-24(21-7-5-18-3-1-2-4-20(18)25-21)28-11-9-26(10-12-28)19-6-8-22(29(31)32)23(17-19)27-13-15-33-16-14-27/h1-8,17H,9-16H2. The number of nitro groups is 1. The number of carbonyl (C=O) groups is 1. The quantitative estimate of drug-likeness (QED) is 0.448. The number of carbonyl (C=O) groups excluding carboxylic acids is 1. The molecule has 2 aromatic carbocycles. The van der Waals surface area contributed by atoms with Gasteiger partial charge in [-0.3, -0.25) is 14.9 Å². The first-order chi connectivity index (χ1) is 16.1. The van der Waals surface area contributed by atoms with E-state index in [0.29, 0.717) is 63.9 Å². The molecular formula is C24H25N5O4. The maximum absolute atomic E-state index is 13.0. The van der Waals surface area contributed by atoms with Crippen LogP contribution < -0.4 is 9.80 Å². The Morgan fingerprint density at radius 3 is 2.42 bits per heavy atom. The van der Waals surface area contributed by atoms with Crippen molar-refractivity contribution in [1.29, 1.82) is 0 Å². The number of nitrogens with zero attached hydrogens (tertiary/aromatic N) is 5. The van der Waals surface area contributed by atoms with Gasteiger partial charge in [0, 0.05) is 56.4 Å². The van der Waals surface area contributed by atoms with E-state index >= 15 is 0 Å². The number of rotatable bonds is 4. The molecule has 0 saturated carbocycles. The van der Waals surface area contributed by atoms with Crippen molar-refractivity contribution >= 4 is 33.9 Å². The lowest BCUT2D eigenvalue weighted by molar-refractivity contribution is -0.384. The number of para-hydroxylation sites is 1. The molecule has 9 heteroatoms. The van der Waals surface area contributed by atoms with Crippen molar-refractivity contribution in [3.63, 3.8) is 0 Å². The Balaban J connectivity index is 1.30. The predicted molar refractivity (Wildman–Crippen MR) is 126 cm³/mol. The first kappa shape index (κ1) is 21.1. The van der Waals surface area contributed by atoms with Gasteiger partial charge in [-0.15, -0.1) is 0 Å². The van der Waals surface area contributed by atoms with Crippen LogP contribution in [0.25, 0.3) is 10.9 Å². The highest BCUT2D eigenvalue weighted by Gasteiger charge is 2.26. The van der Waals surface area contributed by atoms with E-state index in [1.165, 1.54) is 0 Å². The first-order valence-corrected chi connectivity index (χ1v) is 11.1. The van der Waals surface area contributed by atoms with Crippen molar-refractivity contribution in [1.82, 2.24) is 9.88 Å². The van der Waals surface area contributed by atoms with Crippen LogP contribution in [0.15, 0.2) is 54.6 Å². The highest BCUT2D eigenvalue weighted by atomic mass is 16.6. The first-order valence-electron chi connectivity index (χ1n) is 11.1. The summed E-state index contributed by atoms with van der Waals surface area (Å²) in [5.74, 6) is -0.0712. The Morgan fingerprint density at radius 1 is 0.909 bits per heavy atom. The molecule has 0 unspecified atom stereocenters. The van der Waals surface area contributed by atoms with Crippen LogP contribution in [0.1, 0.15) is 10.5 Å². The number of benzene rings is 2. The molecule has 0 aliphatic carbocycles. The largest absolute Gasteiger partial charge is 0.378 e. The van der Waals surface area contributed by atoms with Gasteiger partial charge < -0.3 is 19.4 Å². The number of hydrogen-bond acceptors (Lipinski definition) is 7. The van der Waals surface area contributed by atoms with Gasteiger partial charge >= 0.3 is 0 Å². The fraction of sp³-hybridized carbons (Fsp3) is 0.333. The lowest BCUT2D eigenvalue weighted by Gasteiger charge is -2.36. The molecule has 2 fully saturated rings. The summed E-state index contributed by atoms with van der Waals surface area (Å²) in [6.07, 6.45) is 0. The van der Waals surface area contributed by atoms with Gasteiger partial charge in [-0.1, -0.05) is 24.3 Å². The lowest BCUT2D eigenvalue weighted by Crippen LogP contribution is -2.49. The maximum Gasteiger partial charge on any atom is 0.292 e. The highest BCUT2D eigenvalue weighted by molar-refractivity contribution is 5.95. The second kappa shape index (κ2) is 9.03. The van der Waals surface area contributed by atoms with Crippen LogP contribution in [-0.2, 0) is 4.74 Å². The molecule has 2 saturated heterocycles. The topological polar surface area (TPSA) is 92.0 Å². The second-order valence-corrected chi connectivity index (χ2v) is 8.20. The number of pyridine rings is 1. The van der Waals surface area contributed by atoms with E-state index in [9.17, 15) is 14.9 Å². The van der Waals surface area contributed by atoms with Crippen molar-refractivity contribution in [2.75, 3.05) is 62.3 Å². The second-order valence-electron chi connectivity index (χ2n) is 8.20. The fourth-order valence-electron chi connectivity index (χ4n) is 4.44. The number of fused-ring (bicyclic) bond motifs is 1. The van der Waals surface area contributed by atoms with Crippen LogP contribution in [0.2, 0.25) is 0 Å². The van der Waals surface area contributed by atoms with E-state index in [2.05, 4.69) is 9.88 Å². The van der Waals surface area contributed by atoms with Crippen LogP contribution in [0, 0.1) is 10.1 Å². The Bertz CT molecular complexity index is 1190. The van der Waals surface area contributed by atoms with Gasteiger partial charge in [0.15, 0.2) is 0 Å². The summed E-state index contributed by atoms with van der Waals surface area (Å²) in [5.41, 5.74) is 2.92. The molecule has 1 amide bonds. The lowest BCUT2D eigenvalue weighted by atomic mass is 10.1. The summed E-state index contributed by atoms with van der Waals surface area (Å²) < 4.78 is 5.40. The van der Waals surface area contributed by atoms with Crippen molar-refractivity contribution in [2.45, 2.75) is 0 Å². The van der Waals surface area contributed by atoms with Gasteiger partial charge in [0.05, 0.1) is 23.7 Å². The van der Waals surface area contributed by atoms with Gasteiger partial charge in [0.2, 0.25) is 0 Å². The highest BCUT2D eigenvalue weighted by Crippen LogP contribution is 2.33. The molecule has 0 atom stereocenters. The molecule has 2 aliphatic heterocycles. The number of nitro benzene ring substituents is 1. The number of anilines is 2. The summed E-state index contributed by atoms with van der Waals surface area (Å²) in [7, 11) is 0. The predicted octanol–water partition coefficient (Wildman–Crippen LogP) is 2.94. The summed E-state index contributed by atoms with van der Waals surface area (Å²) >= 11 is 0. The van der Waals surface area contributed by atoms with Crippen LogP contribution >= 0.6 is 0 Å². The van der Waals surface area contributed by atoms with E-state index in [-0.39, 0.29) is 16.5 Å². The molecule has 1 aromatic heterocycles. The summed E-state index contributed by atoms with van der Waals surface area (Å²) in [6, 6.07) is 16.7. The number of aromatic nitrogens is 1. The Morgan fingerprint density at radius 2 is 1.67 bits per heavy atom. The Hall–Kier alpha value is -3.72. The zero-order valence-electron chi connectivity index (χ0n) is 18.2. The third-order valence-corrected chi connectivity index (χ3v) is 6.26. The molecule has 0 spiro atoms. The normalized spacial score (nSPS) is 16.8. The molecule has 0 radical (unpaired) electrons. The molecule has 2 aliphatic rings. The fourth-order valence-corrected chi connectivity index (χ4v) is 4.44. The zero-order chi connectivity index (χ0) is 22.8. The Labute approximate surface area is 191 Å². The molecular weight excluding hydrogens is 422 g/mol. The average molecular weight is 447 g/mol. The molecule has 9 nitrogen and oxygen atoms in total. The van der Waals surface area contributed by atoms with Gasteiger partial charge in [-0.05, 0) is 24.3 Å². The monoisotopic (exact) mass is 447 g/mol. The SMILES string of the molecule is O=C(c1ccc2ccccc2n1)N1CCN(c2ccc([N+](=O)[O-])c(N3CCOCC3)c2)CC1. The molecule has 3 heterocycles. The number of hydrogen-bond donors (Lipinski definition) is 0. The molecule has 33 heavy (non-hydrogen) atoms. The van der Waals surface area contributed by atoms with Gasteiger partial charge in [0.1, 0.15) is 11.4 Å². The minimum absolute atomic E-state index is 0.0712. The van der Waals surface area contributed by atoms with Crippen LogP contribution in [-0.4, -0.2) is 73.2 Å².